The van der Waals surface area contributed by atoms with Gasteiger partial charge in [0.25, 0.3) is 29.5 Å². The Kier molecular flexibility index (Phi) is 24.6. The summed E-state index contributed by atoms with van der Waals surface area (Å²) in [6.07, 6.45) is 18.0. The van der Waals surface area contributed by atoms with Crippen LogP contribution in [0.5, 0.6) is 11.5 Å². The van der Waals surface area contributed by atoms with E-state index >= 15 is 0 Å². The van der Waals surface area contributed by atoms with E-state index in [4.69, 9.17) is 46.7 Å². The van der Waals surface area contributed by atoms with Crippen molar-refractivity contribution in [2.75, 3.05) is 72.2 Å². The summed E-state index contributed by atoms with van der Waals surface area (Å²) in [5, 5.41) is 16.8. The molecule has 10 aromatic carbocycles. The average Bonchev–Trinajstić information content (AvgIpc) is 1.61. The van der Waals surface area contributed by atoms with Crippen molar-refractivity contribution in [1.82, 2.24) is 59.7 Å². The number of likely N-dealkylation sites (tertiary alicyclic amines) is 5. The van der Waals surface area contributed by atoms with Gasteiger partial charge in [-0.1, -0.05) is 192 Å². The van der Waals surface area contributed by atoms with Gasteiger partial charge in [0.05, 0.1) is 72.1 Å². The van der Waals surface area contributed by atoms with Gasteiger partial charge in [-0.3, -0.25) is 24.0 Å². The number of aromatic nitrogens is 7. The van der Waals surface area contributed by atoms with E-state index in [0.29, 0.717) is 148 Å². The summed E-state index contributed by atoms with van der Waals surface area (Å²) < 4.78 is 59.2. The summed E-state index contributed by atoms with van der Waals surface area (Å²) in [6, 6.07) is 80.2. The summed E-state index contributed by atoms with van der Waals surface area (Å²) >= 11 is 0. The van der Waals surface area contributed by atoms with Crippen molar-refractivity contribution in [3.8, 4) is 39.9 Å². The van der Waals surface area contributed by atoms with E-state index in [-0.39, 0.29) is 64.3 Å². The summed E-state index contributed by atoms with van der Waals surface area (Å²) in [5.74, 6) is 3.66. The largest absolute Gasteiger partial charge is 0.454 e. The highest BCUT2D eigenvalue weighted by Gasteiger charge is 2.49. The maximum absolute atomic E-state index is 13.1. The van der Waals surface area contributed by atoms with Crippen LogP contribution in [0.15, 0.2) is 269 Å². The molecule has 14 aromatic rings. The summed E-state index contributed by atoms with van der Waals surface area (Å²) in [5.41, 5.74) is 19.1. The Balaban J connectivity index is 0.0000000997. The molecule has 27 nitrogen and oxygen atoms in total. The van der Waals surface area contributed by atoms with E-state index in [9.17, 15) is 24.0 Å². The number of rotatable bonds is 9. The highest BCUT2D eigenvalue weighted by molar-refractivity contribution is 6.04. The van der Waals surface area contributed by atoms with Crippen LogP contribution >= 0.6 is 0 Å². The minimum Gasteiger partial charge on any atom is -0.454 e. The number of hydrogen-bond donors (Lipinski definition) is 0. The van der Waals surface area contributed by atoms with Crippen molar-refractivity contribution in [1.29, 1.82) is 0 Å². The highest BCUT2D eigenvalue weighted by atomic mass is 16.7. The fourth-order valence-corrected chi connectivity index (χ4v) is 22.4. The molecule has 138 heavy (non-hydrogen) atoms. The van der Waals surface area contributed by atoms with E-state index < -0.39 is 0 Å². The van der Waals surface area contributed by atoms with Crippen LogP contribution in [0.4, 0.5) is 0 Å². The number of ether oxygens (including phenoxy) is 7. The third-order valence-electron chi connectivity index (χ3n) is 30.2. The van der Waals surface area contributed by atoms with Crippen molar-refractivity contribution < 1.29 is 70.7 Å². The van der Waals surface area contributed by atoms with Gasteiger partial charge in [-0.05, 0) is 223 Å². The van der Waals surface area contributed by atoms with Gasteiger partial charge in [0.2, 0.25) is 18.5 Å². The number of aryl methyl sites for hydroxylation is 1. The molecule has 702 valence electrons. The first-order valence-electron chi connectivity index (χ1n) is 48.4. The van der Waals surface area contributed by atoms with Crippen LogP contribution in [-0.4, -0.2) is 161 Å². The number of hydrogen-bond acceptors (Lipinski definition) is 21. The number of amides is 5. The van der Waals surface area contributed by atoms with Crippen molar-refractivity contribution in [2.45, 2.75) is 170 Å². The van der Waals surface area contributed by atoms with E-state index in [0.717, 1.165) is 105 Å². The highest BCUT2D eigenvalue weighted by Crippen LogP contribution is 2.51. The first-order chi connectivity index (χ1) is 67.6. The quantitative estimate of drug-likeness (QED) is 0.130. The van der Waals surface area contributed by atoms with E-state index in [1.54, 1.807) is 24.0 Å². The molecule has 5 amide bonds. The third kappa shape index (κ3) is 17.5. The lowest BCUT2D eigenvalue weighted by Gasteiger charge is -2.39. The Labute approximate surface area is 799 Å². The molecule has 26 rings (SSSR count). The maximum atomic E-state index is 13.1. The number of nitrogens with zero attached hydrogens (tertiary/aromatic N) is 12. The van der Waals surface area contributed by atoms with Crippen LogP contribution in [0.25, 0.3) is 39.4 Å². The number of fused-ring (bicyclic) bond motifs is 12. The van der Waals surface area contributed by atoms with Crippen molar-refractivity contribution in [2.24, 2.45) is 0 Å². The Morgan fingerprint density at radius 2 is 0.797 bits per heavy atom. The molecule has 11 aliphatic heterocycles. The maximum Gasteiger partial charge on any atom is 0.276 e. The molecule has 4 aromatic heterocycles. The number of carbonyl (C=O) groups is 5. The van der Waals surface area contributed by atoms with Gasteiger partial charge < -0.3 is 71.2 Å². The fraction of sp³-hybridized carbons (Fsp3) is 0.342. The second-order valence-electron chi connectivity index (χ2n) is 37.9. The van der Waals surface area contributed by atoms with Crippen molar-refractivity contribution in [3.63, 3.8) is 0 Å². The predicted molar refractivity (Wildman–Crippen MR) is 510 cm³/mol. The third-order valence-corrected chi connectivity index (χ3v) is 30.2. The molecule has 0 N–H and O–H groups in total. The van der Waals surface area contributed by atoms with E-state index in [2.05, 4.69) is 158 Å². The van der Waals surface area contributed by atoms with Gasteiger partial charge in [-0.2, -0.15) is 10.1 Å². The van der Waals surface area contributed by atoms with Crippen molar-refractivity contribution >= 4 is 40.5 Å². The smallest absolute Gasteiger partial charge is 0.276 e. The predicted octanol–water partition coefficient (Wildman–Crippen LogP) is 19.3. The van der Waals surface area contributed by atoms with Gasteiger partial charge in [0, 0.05) is 106 Å². The molecule has 0 atom stereocenters. The molecule has 0 bridgehead atoms. The zero-order valence-corrected chi connectivity index (χ0v) is 77.2. The standard InChI is InChI=1S/C25H29NO2.C23H20N2O5.C22H21N3O3.C21H20N4O2.C20H18N2O3/c27-24(21-12-10-20(11-13-21)19-6-2-1-3-7-19)26-16-14-25(15-17-26)23-9-5-4-8-22(23)18-28-25;26-22(18-12-20(30-24-18)15-5-6-19-21(11-15)28-14-27-19)25-9-7-23(8-10-25)17-4-2-1-3-16(17)13-29-23;1-15-23-20(24-28-15)16-6-4-7-17(13-16)21(26)25-11-9-22(10-12-25)19-8-3-2-5-18(19)14-27-22;26-20(16-5-7-18(8-6-16)25-15-22-14-23-25)24-11-9-21(10-12-24)19-4-2-1-3-17(19)13-27-21;23-19(18-15-6-2-4-8-17(15)25-21-18)22-11-9-20(10-12-22)16-7-3-1-5-14(16)13-24-20/h4-5,8-13,19H,1-3,6-7,14-18H2;1-6,11-12H,7-10,13-14H2;2-8,13H,9-12,14H2,1H3;1-8,14-15H,9-13H2;1-8H,9-13H2. The molecular formula is C111H108N12O15. The molecule has 15 heterocycles. The van der Waals surface area contributed by atoms with Crippen LogP contribution < -0.4 is 9.47 Å². The lowest BCUT2D eigenvalue weighted by molar-refractivity contribution is -0.0745. The Morgan fingerprint density at radius 1 is 0.362 bits per heavy atom. The first kappa shape index (κ1) is 89.1. The zero-order valence-electron chi connectivity index (χ0n) is 77.2. The second kappa shape index (κ2) is 38.1. The molecule has 0 unspecified atom stereocenters. The van der Waals surface area contributed by atoms with Crippen molar-refractivity contribution in [3.05, 3.63) is 350 Å². The lowest BCUT2D eigenvalue weighted by Crippen LogP contribution is -2.45. The first-order valence-corrected chi connectivity index (χ1v) is 48.4. The molecule has 5 saturated heterocycles. The lowest BCUT2D eigenvalue weighted by atomic mass is 9.83. The molecule has 1 saturated carbocycles. The molecule has 27 heteroatoms. The number of para-hydroxylation sites is 1. The van der Waals surface area contributed by atoms with E-state index in [1.807, 2.05) is 134 Å². The van der Waals surface area contributed by atoms with Gasteiger partial charge >= 0.3 is 0 Å². The molecule has 6 fully saturated rings. The minimum atomic E-state index is -0.269. The summed E-state index contributed by atoms with van der Waals surface area (Å²) in [4.78, 5) is 82.6. The van der Waals surface area contributed by atoms with E-state index in [1.165, 1.54) is 99.6 Å². The molecule has 1 aliphatic carbocycles. The zero-order chi connectivity index (χ0) is 93.4. The fourth-order valence-electron chi connectivity index (χ4n) is 22.4. The Morgan fingerprint density at radius 3 is 1.26 bits per heavy atom. The second-order valence-corrected chi connectivity index (χ2v) is 37.9. The normalized spacial score (nSPS) is 18.9. The molecular weight excluding hydrogens is 1740 g/mol. The summed E-state index contributed by atoms with van der Waals surface area (Å²) in [7, 11) is 0. The topological polar surface area (TPSA) is 288 Å². The Hall–Kier alpha value is -14.1. The van der Waals surface area contributed by atoms with Gasteiger partial charge in [0.1, 0.15) is 12.7 Å². The SMILES string of the molecule is Cc1nc(-c2cccc(C(=O)N3CCC4(CC3)OCc3ccccc34)c2)no1.O=C(c1cc(-c2ccc3c(c2)OCO3)on1)N1CCC2(CC1)OCc1ccccc12.O=C(c1ccc(-n2cncn2)cc1)N1CCC2(CC1)OCc1ccccc12.O=C(c1ccc(C2CCCCC2)cc1)N1CCC2(CC1)OCc1ccccc12.O=C(c1noc2ccccc12)N1CCC2(CC1)OCc1ccccc12. The monoisotopic (exact) mass is 1850 g/mol. The average molecular weight is 1850 g/mol. The summed E-state index contributed by atoms with van der Waals surface area (Å²) in [6.45, 7) is 12.2. The van der Waals surface area contributed by atoms with Gasteiger partial charge in [-0.25, -0.2) is 9.67 Å². The van der Waals surface area contributed by atoms with Crippen LogP contribution in [0.3, 0.4) is 0 Å². The van der Waals surface area contributed by atoms with Crippen LogP contribution in [0.1, 0.15) is 221 Å². The number of piperidine rings is 5. The van der Waals surface area contributed by atoms with Gasteiger partial charge in [0.15, 0.2) is 34.2 Å². The van der Waals surface area contributed by atoms with Crippen LogP contribution in [0.2, 0.25) is 0 Å². The van der Waals surface area contributed by atoms with Crippen LogP contribution in [-0.2, 0) is 84.7 Å². The Bertz CT molecular complexity index is 6800. The molecule has 0 radical (unpaired) electrons. The molecule has 5 spiro atoms. The number of benzene rings is 10. The number of carbonyl (C=O) groups excluding carboxylic acids is 5. The minimum absolute atomic E-state index is 0.0307. The molecule has 12 aliphatic rings. The van der Waals surface area contributed by atoms with Gasteiger partial charge in [-0.15, -0.1) is 0 Å². The van der Waals surface area contributed by atoms with Crippen LogP contribution in [0, 0.1) is 6.92 Å².